The molecular weight excluding hydrogens is 302 g/mol. The number of rotatable bonds is 6. The number of nitrogens with zero attached hydrogens (tertiary/aromatic N) is 1. The molecule has 1 amide bonds. The average Bonchev–Trinajstić information content (AvgIpc) is 2.84. The Labute approximate surface area is 130 Å². The van der Waals surface area contributed by atoms with Gasteiger partial charge in [-0.3, -0.25) is 4.79 Å². The van der Waals surface area contributed by atoms with Gasteiger partial charge in [0.1, 0.15) is 15.7 Å². The summed E-state index contributed by atoms with van der Waals surface area (Å²) in [5.74, 6) is 0.433. The normalized spacial score (nSPS) is 11.8. The average molecular weight is 323 g/mol. The van der Waals surface area contributed by atoms with Crippen molar-refractivity contribution < 1.29 is 13.2 Å². The van der Waals surface area contributed by atoms with Crippen LogP contribution in [0.15, 0.2) is 12.1 Å². The van der Waals surface area contributed by atoms with Crippen LogP contribution in [0.2, 0.25) is 0 Å². The van der Waals surface area contributed by atoms with Gasteiger partial charge in [-0.15, -0.1) is 0 Å². The van der Waals surface area contributed by atoms with Crippen LogP contribution in [0.3, 0.4) is 0 Å². The predicted octanol–water partition coefficient (Wildman–Crippen LogP) is 1.27. The molecule has 0 spiro atoms. The molecule has 1 heterocycles. The molecule has 6 nitrogen and oxygen atoms in total. The van der Waals surface area contributed by atoms with Crippen LogP contribution in [-0.2, 0) is 21.1 Å². The molecule has 7 heteroatoms. The van der Waals surface area contributed by atoms with Crippen molar-refractivity contribution >= 4 is 26.8 Å². The molecule has 120 valence electrons. The molecule has 1 aromatic heterocycles. The smallest absolute Gasteiger partial charge is 0.221 e. The third-order valence-corrected chi connectivity index (χ3v) is 4.56. The number of benzene rings is 1. The van der Waals surface area contributed by atoms with E-state index in [2.05, 4.69) is 15.3 Å². The molecule has 0 aliphatic carbocycles. The number of fused-ring (bicyclic) bond motifs is 1. The lowest BCUT2D eigenvalue weighted by Gasteiger charge is -2.03. The SMILES string of the molecule is Cc1ccc2[nH]c(CCNC(=O)CCS(C)(=O)=O)nc2c1C. The molecule has 2 N–H and O–H groups in total. The van der Waals surface area contributed by atoms with Crippen molar-refractivity contribution in [1.29, 1.82) is 0 Å². The Bertz CT molecular complexity index is 794. The van der Waals surface area contributed by atoms with Crippen LogP contribution < -0.4 is 5.32 Å². The molecule has 0 aliphatic rings. The van der Waals surface area contributed by atoms with E-state index < -0.39 is 9.84 Å². The number of aromatic nitrogens is 2. The summed E-state index contributed by atoms with van der Waals surface area (Å²) >= 11 is 0. The summed E-state index contributed by atoms with van der Waals surface area (Å²) in [5, 5.41) is 2.71. The maximum absolute atomic E-state index is 11.5. The number of imidazole rings is 1. The second kappa shape index (κ2) is 6.48. The number of amides is 1. The molecule has 0 aliphatic heterocycles. The van der Waals surface area contributed by atoms with Crippen LogP contribution in [0.5, 0.6) is 0 Å². The number of hydrogen-bond acceptors (Lipinski definition) is 4. The molecule has 0 radical (unpaired) electrons. The van der Waals surface area contributed by atoms with Gasteiger partial charge < -0.3 is 10.3 Å². The number of sulfone groups is 1. The zero-order valence-electron chi connectivity index (χ0n) is 13.1. The zero-order valence-corrected chi connectivity index (χ0v) is 13.9. The van der Waals surface area contributed by atoms with E-state index >= 15 is 0 Å². The van der Waals surface area contributed by atoms with Crippen LogP contribution >= 0.6 is 0 Å². The second-order valence-electron chi connectivity index (χ2n) is 5.57. The van der Waals surface area contributed by atoms with E-state index in [9.17, 15) is 13.2 Å². The lowest BCUT2D eigenvalue weighted by Crippen LogP contribution is -2.27. The highest BCUT2D eigenvalue weighted by atomic mass is 32.2. The number of nitrogens with one attached hydrogen (secondary N) is 2. The van der Waals surface area contributed by atoms with E-state index in [0.29, 0.717) is 13.0 Å². The molecule has 0 bridgehead atoms. The summed E-state index contributed by atoms with van der Waals surface area (Å²) in [4.78, 5) is 19.3. The number of aromatic amines is 1. The zero-order chi connectivity index (χ0) is 16.3. The van der Waals surface area contributed by atoms with E-state index in [4.69, 9.17) is 0 Å². The first-order valence-electron chi connectivity index (χ1n) is 7.15. The monoisotopic (exact) mass is 323 g/mol. The van der Waals surface area contributed by atoms with Crippen molar-refractivity contribution in [2.45, 2.75) is 26.7 Å². The van der Waals surface area contributed by atoms with Gasteiger partial charge in [-0.25, -0.2) is 13.4 Å². The largest absolute Gasteiger partial charge is 0.356 e. The minimum atomic E-state index is -3.10. The molecule has 0 saturated carbocycles. The summed E-state index contributed by atoms with van der Waals surface area (Å²) < 4.78 is 22.0. The molecule has 0 saturated heterocycles. The highest BCUT2D eigenvalue weighted by molar-refractivity contribution is 7.90. The first-order chi connectivity index (χ1) is 10.3. The van der Waals surface area contributed by atoms with Gasteiger partial charge in [-0.1, -0.05) is 6.07 Å². The van der Waals surface area contributed by atoms with E-state index in [1.54, 1.807) is 0 Å². The van der Waals surface area contributed by atoms with Gasteiger partial charge in [0.15, 0.2) is 0 Å². The van der Waals surface area contributed by atoms with Crippen molar-refractivity contribution in [1.82, 2.24) is 15.3 Å². The standard InChI is InChI=1S/C15H21N3O3S/c1-10-4-5-12-15(11(10)2)18-13(17-12)6-8-16-14(19)7-9-22(3,20)21/h4-5H,6-9H2,1-3H3,(H,16,19)(H,17,18). The van der Waals surface area contributed by atoms with Gasteiger partial charge in [0.05, 0.1) is 16.8 Å². The predicted molar refractivity (Wildman–Crippen MR) is 86.6 cm³/mol. The molecule has 0 fully saturated rings. The third kappa shape index (κ3) is 4.30. The van der Waals surface area contributed by atoms with Gasteiger partial charge in [0, 0.05) is 25.6 Å². The molecule has 2 rings (SSSR count). The lowest BCUT2D eigenvalue weighted by molar-refractivity contribution is -0.120. The van der Waals surface area contributed by atoms with E-state index in [-0.39, 0.29) is 18.1 Å². The van der Waals surface area contributed by atoms with Gasteiger partial charge in [-0.05, 0) is 31.0 Å². The Morgan fingerprint density at radius 2 is 2.05 bits per heavy atom. The molecule has 0 atom stereocenters. The van der Waals surface area contributed by atoms with Crippen LogP contribution in [-0.4, -0.2) is 42.8 Å². The van der Waals surface area contributed by atoms with Crippen LogP contribution in [0, 0.1) is 13.8 Å². The van der Waals surface area contributed by atoms with Crippen LogP contribution in [0.4, 0.5) is 0 Å². The maximum Gasteiger partial charge on any atom is 0.221 e. The van der Waals surface area contributed by atoms with Crippen molar-refractivity contribution in [2.75, 3.05) is 18.6 Å². The summed E-state index contributed by atoms with van der Waals surface area (Å²) in [6.45, 7) is 4.51. The van der Waals surface area contributed by atoms with E-state index in [1.165, 1.54) is 5.56 Å². The van der Waals surface area contributed by atoms with E-state index in [1.807, 2.05) is 26.0 Å². The number of hydrogen-bond donors (Lipinski definition) is 2. The van der Waals surface area contributed by atoms with Crippen molar-refractivity contribution in [3.63, 3.8) is 0 Å². The van der Waals surface area contributed by atoms with E-state index in [0.717, 1.165) is 28.7 Å². The summed E-state index contributed by atoms with van der Waals surface area (Å²) in [6, 6.07) is 4.05. The molecule has 1 aromatic carbocycles. The van der Waals surface area contributed by atoms with Gasteiger partial charge in [0.2, 0.25) is 5.91 Å². The summed E-state index contributed by atoms with van der Waals surface area (Å²) in [5.41, 5.74) is 4.29. The fourth-order valence-electron chi connectivity index (χ4n) is 2.17. The van der Waals surface area contributed by atoms with Crippen molar-refractivity contribution in [3.8, 4) is 0 Å². The molecular formula is C15H21N3O3S. The van der Waals surface area contributed by atoms with Gasteiger partial charge >= 0.3 is 0 Å². The molecule has 0 unspecified atom stereocenters. The molecule has 2 aromatic rings. The topological polar surface area (TPSA) is 91.9 Å². The Balaban J connectivity index is 1.90. The minimum absolute atomic E-state index is 0.00271. The number of H-pyrrole nitrogens is 1. The Morgan fingerprint density at radius 3 is 2.73 bits per heavy atom. The second-order valence-corrected chi connectivity index (χ2v) is 7.83. The highest BCUT2D eigenvalue weighted by Crippen LogP contribution is 2.19. The highest BCUT2D eigenvalue weighted by Gasteiger charge is 2.09. The maximum atomic E-state index is 11.5. The van der Waals surface area contributed by atoms with Gasteiger partial charge in [0.25, 0.3) is 0 Å². The third-order valence-electron chi connectivity index (χ3n) is 3.61. The van der Waals surface area contributed by atoms with Crippen LogP contribution in [0.25, 0.3) is 11.0 Å². The summed E-state index contributed by atoms with van der Waals surface area (Å²) in [7, 11) is -3.10. The number of aryl methyl sites for hydroxylation is 2. The first kappa shape index (κ1) is 16.5. The lowest BCUT2D eigenvalue weighted by atomic mass is 10.1. The number of carbonyl (C=O) groups is 1. The first-order valence-corrected chi connectivity index (χ1v) is 9.21. The van der Waals surface area contributed by atoms with Gasteiger partial charge in [-0.2, -0.15) is 0 Å². The Morgan fingerprint density at radius 1 is 1.32 bits per heavy atom. The van der Waals surface area contributed by atoms with Crippen molar-refractivity contribution in [2.24, 2.45) is 0 Å². The quantitative estimate of drug-likeness (QED) is 0.837. The summed E-state index contributed by atoms with van der Waals surface area (Å²) in [6.07, 6.45) is 1.70. The number of carbonyl (C=O) groups excluding carboxylic acids is 1. The molecule has 22 heavy (non-hydrogen) atoms. The Kier molecular flexibility index (Phi) is 4.85. The fraction of sp³-hybridized carbons (Fsp3) is 0.467. The fourth-order valence-corrected chi connectivity index (χ4v) is 2.73. The van der Waals surface area contributed by atoms with Crippen molar-refractivity contribution in [3.05, 3.63) is 29.1 Å². The van der Waals surface area contributed by atoms with Crippen LogP contribution in [0.1, 0.15) is 23.4 Å². The Hall–Kier alpha value is -1.89. The minimum Gasteiger partial charge on any atom is -0.356 e.